The SMILES string of the molecule is CCOC(=O)c1c(C2CC2)csc1NC(=O)COC(=O)[C@H](C)NC(=O)c1cccc([N+](=O)[O-])c1. The molecule has 2 aromatic rings. The van der Waals surface area contributed by atoms with Gasteiger partial charge in [0.1, 0.15) is 11.0 Å². The molecule has 1 saturated carbocycles. The summed E-state index contributed by atoms with van der Waals surface area (Å²) in [5.74, 6) is -2.47. The minimum absolute atomic E-state index is 0.00208. The van der Waals surface area contributed by atoms with Gasteiger partial charge in [-0.05, 0) is 49.6 Å². The van der Waals surface area contributed by atoms with Crippen molar-refractivity contribution in [2.75, 3.05) is 18.5 Å². The fraction of sp³-hybridized carbons (Fsp3) is 0.364. The maximum atomic E-state index is 12.4. The number of carbonyl (C=O) groups excluding carboxylic acids is 4. The van der Waals surface area contributed by atoms with Gasteiger partial charge in [0.2, 0.25) is 0 Å². The number of nitrogens with one attached hydrogen (secondary N) is 2. The van der Waals surface area contributed by atoms with Crippen LogP contribution in [0.4, 0.5) is 10.7 Å². The van der Waals surface area contributed by atoms with Gasteiger partial charge in [-0.2, -0.15) is 0 Å². The van der Waals surface area contributed by atoms with Crippen LogP contribution in [0, 0.1) is 10.1 Å². The monoisotopic (exact) mass is 489 g/mol. The molecule has 12 heteroatoms. The molecule has 1 heterocycles. The molecule has 0 spiro atoms. The molecule has 2 amide bonds. The molecule has 180 valence electrons. The maximum Gasteiger partial charge on any atom is 0.341 e. The molecule has 1 aromatic heterocycles. The quantitative estimate of drug-likeness (QED) is 0.293. The van der Waals surface area contributed by atoms with Gasteiger partial charge < -0.3 is 20.1 Å². The van der Waals surface area contributed by atoms with Crippen molar-refractivity contribution in [3.05, 3.63) is 56.5 Å². The number of nitro benzene ring substituents is 1. The van der Waals surface area contributed by atoms with Crippen LogP contribution in [0.2, 0.25) is 0 Å². The number of nitrogens with zero attached hydrogens (tertiary/aromatic N) is 1. The topological polar surface area (TPSA) is 154 Å². The zero-order valence-corrected chi connectivity index (χ0v) is 19.3. The molecule has 3 rings (SSSR count). The van der Waals surface area contributed by atoms with Gasteiger partial charge in [-0.15, -0.1) is 11.3 Å². The molecule has 1 atom stereocenters. The average molecular weight is 490 g/mol. The molecule has 1 aromatic carbocycles. The Bertz CT molecular complexity index is 1130. The average Bonchev–Trinajstić information content (AvgIpc) is 3.57. The molecule has 0 aliphatic heterocycles. The van der Waals surface area contributed by atoms with Crippen LogP contribution >= 0.6 is 11.3 Å². The molecule has 1 fully saturated rings. The van der Waals surface area contributed by atoms with Crippen molar-refractivity contribution in [1.29, 1.82) is 0 Å². The number of nitro groups is 1. The van der Waals surface area contributed by atoms with Gasteiger partial charge in [-0.25, -0.2) is 9.59 Å². The fourth-order valence-electron chi connectivity index (χ4n) is 3.10. The molecule has 0 bridgehead atoms. The number of benzene rings is 1. The van der Waals surface area contributed by atoms with Gasteiger partial charge in [-0.1, -0.05) is 6.07 Å². The number of hydrogen-bond donors (Lipinski definition) is 2. The van der Waals surface area contributed by atoms with Crippen molar-refractivity contribution in [2.45, 2.75) is 38.6 Å². The Kier molecular flexibility index (Phi) is 7.95. The van der Waals surface area contributed by atoms with Gasteiger partial charge in [0.05, 0.1) is 17.1 Å². The number of carbonyl (C=O) groups is 4. The van der Waals surface area contributed by atoms with Crippen LogP contribution < -0.4 is 10.6 Å². The summed E-state index contributed by atoms with van der Waals surface area (Å²) in [7, 11) is 0. The lowest BCUT2D eigenvalue weighted by Gasteiger charge is -2.13. The zero-order chi connectivity index (χ0) is 24.8. The van der Waals surface area contributed by atoms with E-state index >= 15 is 0 Å². The third-order valence-electron chi connectivity index (χ3n) is 4.94. The number of hydrogen-bond acceptors (Lipinski definition) is 9. The summed E-state index contributed by atoms with van der Waals surface area (Å²) in [6.07, 6.45) is 1.93. The predicted octanol–water partition coefficient (Wildman–Crippen LogP) is 3.01. The summed E-state index contributed by atoms with van der Waals surface area (Å²) < 4.78 is 10.1. The van der Waals surface area contributed by atoms with E-state index in [1.54, 1.807) is 6.92 Å². The number of anilines is 1. The van der Waals surface area contributed by atoms with Crippen LogP contribution in [0.1, 0.15) is 58.9 Å². The minimum Gasteiger partial charge on any atom is -0.462 e. The summed E-state index contributed by atoms with van der Waals surface area (Å²) in [5, 5.41) is 17.9. The number of non-ortho nitro benzene ring substituents is 1. The van der Waals surface area contributed by atoms with E-state index in [-0.39, 0.29) is 23.8 Å². The van der Waals surface area contributed by atoms with Gasteiger partial charge in [0.15, 0.2) is 6.61 Å². The molecule has 2 N–H and O–H groups in total. The van der Waals surface area contributed by atoms with E-state index in [4.69, 9.17) is 9.47 Å². The second-order valence-electron chi connectivity index (χ2n) is 7.55. The van der Waals surface area contributed by atoms with Crippen LogP contribution in [0.15, 0.2) is 29.6 Å². The van der Waals surface area contributed by atoms with Crippen LogP contribution in [-0.4, -0.2) is 47.9 Å². The highest BCUT2D eigenvalue weighted by Crippen LogP contribution is 2.46. The summed E-state index contributed by atoms with van der Waals surface area (Å²) in [6, 6.07) is 3.93. The standard InChI is InChI=1S/C22H23N3O8S/c1-3-32-22(29)18-16(13-7-8-13)11-34-20(18)24-17(26)10-33-21(28)12(2)23-19(27)14-5-4-6-15(9-14)25(30)31/h4-6,9,11-13H,3,7-8,10H2,1-2H3,(H,23,27)(H,24,26)/t12-/m0/s1. The maximum absolute atomic E-state index is 12.4. The van der Waals surface area contributed by atoms with Crippen LogP contribution in [-0.2, 0) is 19.1 Å². The van der Waals surface area contributed by atoms with Gasteiger partial charge >= 0.3 is 11.9 Å². The van der Waals surface area contributed by atoms with E-state index in [0.29, 0.717) is 10.6 Å². The molecule has 1 aliphatic rings. The second kappa shape index (κ2) is 10.9. The van der Waals surface area contributed by atoms with E-state index < -0.39 is 41.3 Å². The first kappa shape index (κ1) is 24.8. The third-order valence-corrected chi connectivity index (χ3v) is 5.85. The Morgan fingerprint density at radius 2 is 1.97 bits per heavy atom. The molecule has 1 aliphatic carbocycles. The fourth-order valence-corrected chi connectivity index (χ4v) is 4.14. The van der Waals surface area contributed by atoms with Crippen LogP contribution in [0.3, 0.4) is 0 Å². The Balaban J connectivity index is 1.54. The lowest BCUT2D eigenvalue weighted by molar-refractivity contribution is -0.384. The molecular weight excluding hydrogens is 466 g/mol. The van der Waals surface area contributed by atoms with Gasteiger partial charge in [0, 0.05) is 17.7 Å². The zero-order valence-electron chi connectivity index (χ0n) is 18.5. The third kappa shape index (κ3) is 6.16. The smallest absolute Gasteiger partial charge is 0.341 e. The Morgan fingerprint density at radius 3 is 2.62 bits per heavy atom. The number of thiophene rings is 1. The highest BCUT2D eigenvalue weighted by Gasteiger charge is 2.32. The molecule has 0 saturated heterocycles. The molecular formula is C22H23N3O8S. The van der Waals surface area contributed by atoms with Gasteiger partial charge in [0.25, 0.3) is 17.5 Å². The number of ether oxygens (including phenoxy) is 2. The van der Waals surface area contributed by atoms with E-state index in [1.165, 1.54) is 36.5 Å². The normalized spacial score (nSPS) is 13.5. The van der Waals surface area contributed by atoms with Crippen molar-refractivity contribution < 1.29 is 33.6 Å². The highest BCUT2D eigenvalue weighted by molar-refractivity contribution is 7.15. The number of esters is 2. The van der Waals surface area contributed by atoms with Crippen molar-refractivity contribution in [3.63, 3.8) is 0 Å². The summed E-state index contributed by atoms with van der Waals surface area (Å²) in [6.45, 7) is 2.62. The lowest BCUT2D eigenvalue weighted by Crippen LogP contribution is -2.40. The highest BCUT2D eigenvalue weighted by atomic mass is 32.1. The lowest BCUT2D eigenvalue weighted by atomic mass is 10.1. The van der Waals surface area contributed by atoms with Gasteiger partial charge in [-0.3, -0.25) is 19.7 Å². The number of amides is 2. The largest absolute Gasteiger partial charge is 0.462 e. The van der Waals surface area contributed by atoms with Crippen LogP contribution in [0.25, 0.3) is 0 Å². The first-order valence-electron chi connectivity index (χ1n) is 10.5. The predicted molar refractivity (Wildman–Crippen MR) is 122 cm³/mol. The Hall–Kier alpha value is -3.80. The second-order valence-corrected chi connectivity index (χ2v) is 8.43. The Labute approximate surface area is 198 Å². The van der Waals surface area contributed by atoms with E-state index in [9.17, 15) is 29.3 Å². The van der Waals surface area contributed by atoms with Crippen LogP contribution in [0.5, 0.6) is 0 Å². The summed E-state index contributed by atoms with van der Waals surface area (Å²) in [5.41, 5.74) is 0.905. The van der Waals surface area contributed by atoms with Crippen molar-refractivity contribution in [1.82, 2.24) is 5.32 Å². The summed E-state index contributed by atoms with van der Waals surface area (Å²) in [4.78, 5) is 59.4. The first-order chi connectivity index (χ1) is 16.2. The first-order valence-corrected chi connectivity index (χ1v) is 11.4. The summed E-state index contributed by atoms with van der Waals surface area (Å²) >= 11 is 1.20. The van der Waals surface area contributed by atoms with E-state index in [2.05, 4.69) is 10.6 Å². The molecule has 0 unspecified atom stereocenters. The minimum atomic E-state index is -1.11. The molecule has 0 radical (unpaired) electrons. The Morgan fingerprint density at radius 1 is 1.24 bits per heavy atom. The van der Waals surface area contributed by atoms with Crippen molar-refractivity contribution in [2.24, 2.45) is 0 Å². The van der Waals surface area contributed by atoms with Crippen molar-refractivity contribution >= 4 is 45.8 Å². The molecule has 11 nitrogen and oxygen atoms in total. The van der Waals surface area contributed by atoms with E-state index in [0.717, 1.165) is 24.5 Å². The number of rotatable bonds is 10. The van der Waals surface area contributed by atoms with E-state index in [1.807, 2.05) is 5.38 Å². The van der Waals surface area contributed by atoms with Crippen molar-refractivity contribution in [3.8, 4) is 0 Å². The molecule has 34 heavy (non-hydrogen) atoms.